The molecule has 194 valence electrons. The Morgan fingerprint density at radius 1 is 0.500 bits per heavy atom. The van der Waals surface area contributed by atoms with Crippen molar-refractivity contribution in [2.24, 2.45) is 0 Å². The minimum absolute atomic E-state index is 0.144. The van der Waals surface area contributed by atoms with Crippen LogP contribution in [0.5, 0.6) is 17.2 Å². The van der Waals surface area contributed by atoms with Crippen molar-refractivity contribution in [3.8, 4) is 17.2 Å². The van der Waals surface area contributed by atoms with E-state index >= 15 is 0 Å². The molecular weight excluding hydrogens is 460 g/mol. The topological polar surface area (TPSA) is 97.6 Å². The first-order valence-electron chi connectivity index (χ1n) is 11.7. The van der Waals surface area contributed by atoms with Crippen molar-refractivity contribution in [2.45, 2.75) is 46.2 Å². The van der Waals surface area contributed by atoms with Crippen LogP contribution in [0.1, 0.15) is 56.0 Å². The van der Waals surface area contributed by atoms with Gasteiger partial charge in [-0.05, 0) is 65.9 Å². The smallest absolute Gasteiger partial charge is 0.126 e. The predicted molar refractivity (Wildman–Crippen MR) is 138 cm³/mol. The van der Waals surface area contributed by atoms with Crippen molar-refractivity contribution < 1.29 is 34.3 Å². The lowest BCUT2D eigenvalue weighted by atomic mass is 9.81. The number of hydrogen-bond donors (Lipinski definition) is 3. The zero-order valence-corrected chi connectivity index (χ0v) is 21.8. The number of benzene rings is 3. The fourth-order valence-corrected chi connectivity index (χ4v) is 4.69. The second kappa shape index (κ2) is 12.2. The second-order valence-electron chi connectivity index (χ2n) is 9.04. The Balaban J connectivity index is 2.35. The highest BCUT2D eigenvalue weighted by Gasteiger charge is 2.24. The van der Waals surface area contributed by atoms with E-state index in [2.05, 4.69) is 0 Å². The summed E-state index contributed by atoms with van der Waals surface area (Å²) in [5.74, 6) is 0.256. The van der Waals surface area contributed by atoms with Crippen LogP contribution < -0.4 is 0 Å². The van der Waals surface area contributed by atoms with Crippen LogP contribution in [0.3, 0.4) is 0 Å². The SMILES string of the molecule is COCc1cc(C(c2cc(C)c(O)c(COC)c2)c2cc(COC)c(O)c(COC)c2)cc(C)c1O. The normalized spacial score (nSPS) is 11.4. The van der Waals surface area contributed by atoms with Gasteiger partial charge in [0.15, 0.2) is 0 Å². The number of rotatable bonds is 11. The Morgan fingerprint density at radius 2 is 0.778 bits per heavy atom. The Labute approximate surface area is 212 Å². The van der Waals surface area contributed by atoms with Gasteiger partial charge in [0.2, 0.25) is 0 Å². The average Bonchev–Trinajstić information content (AvgIpc) is 2.84. The van der Waals surface area contributed by atoms with E-state index < -0.39 is 0 Å². The molecule has 3 aromatic carbocycles. The molecule has 0 aliphatic carbocycles. The average molecular weight is 497 g/mol. The molecule has 36 heavy (non-hydrogen) atoms. The van der Waals surface area contributed by atoms with Crippen molar-refractivity contribution in [3.05, 3.63) is 86.5 Å². The third kappa shape index (κ3) is 5.82. The minimum Gasteiger partial charge on any atom is -0.507 e. The quantitative estimate of drug-likeness (QED) is 0.315. The predicted octanol–water partition coefficient (Wildman–Crippen LogP) is 5.19. The standard InChI is InChI=1S/C29H36O7/c1-17-7-19(9-22(13-33-3)27(17)30)26(20-8-18(2)28(31)23(10-20)14-34-4)21-11-24(15-35-5)29(32)25(12-21)16-36-6/h7-12,26,30-32H,13-16H2,1-6H3. The molecular formula is C29H36O7. The first kappa shape index (κ1) is 27.5. The summed E-state index contributed by atoms with van der Waals surface area (Å²) < 4.78 is 21.4. The number of hydrogen-bond acceptors (Lipinski definition) is 7. The number of ether oxygens (including phenoxy) is 4. The van der Waals surface area contributed by atoms with Gasteiger partial charge in [0.25, 0.3) is 0 Å². The summed E-state index contributed by atoms with van der Waals surface area (Å²) in [7, 11) is 6.35. The molecule has 0 aliphatic rings. The van der Waals surface area contributed by atoms with Crippen molar-refractivity contribution >= 4 is 0 Å². The van der Waals surface area contributed by atoms with Gasteiger partial charge in [0, 0.05) is 56.6 Å². The van der Waals surface area contributed by atoms with E-state index in [4.69, 9.17) is 18.9 Å². The van der Waals surface area contributed by atoms with Gasteiger partial charge in [0.1, 0.15) is 17.2 Å². The summed E-state index contributed by atoms with van der Waals surface area (Å²) in [4.78, 5) is 0. The largest absolute Gasteiger partial charge is 0.507 e. The summed E-state index contributed by atoms with van der Waals surface area (Å²) in [6.45, 7) is 4.70. The zero-order chi connectivity index (χ0) is 26.4. The van der Waals surface area contributed by atoms with Crippen molar-refractivity contribution in [3.63, 3.8) is 0 Å². The van der Waals surface area contributed by atoms with Gasteiger partial charge in [-0.15, -0.1) is 0 Å². The molecule has 0 bridgehead atoms. The summed E-state index contributed by atoms with van der Waals surface area (Å²) >= 11 is 0. The first-order valence-corrected chi connectivity index (χ1v) is 11.7. The van der Waals surface area contributed by atoms with Gasteiger partial charge < -0.3 is 34.3 Å². The molecule has 0 amide bonds. The fourth-order valence-electron chi connectivity index (χ4n) is 4.69. The van der Waals surface area contributed by atoms with Gasteiger partial charge in [-0.25, -0.2) is 0 Å². The van der Waals surface area contributed by atoms with E-state index in [9.17, 15) is 15.3 Å². The van der Waals surface area contributed by atoms with Gasteiger partial charge in [-0.1, -0.05) is 12.1 Å². The van der Waals surface area contributed by atoms with Crippen molar-refractivity contribution in [2.75, 3.05) is 28.4 Å². The second-order valence-corrected chi connectivity index (χ2v) is 9.04. The number of phenols is 3. The monoisotopic (exact) mass is 496 g/mol. The maximum absolute atomic E-state index is 10.8. The van der Waals surface area contributed by atoms with Crippen LogP contribution in [-0.4, -0.2) is 43.8 Å². The Kier molecular flexibility index (Phi) is 9.34. The third-order valence-electron chi connectivity index (χ3n) is 6.29. The highest BCUT2D eigenvalue weighted by Crippen LogP contribution is 2.41. The van der Waals surface area contributed by atoms with E-state index in [1.54, 1.807) is 28.4 Å². The Morgan fingerprint density at radius 3 is 1.08 bits per heavy atom. The van der Waals surface area contributed by atoms with Crippen LogP contribution in [0.25, 0.3) is 0 Å². The van der Waals surface area contributed by atoms with Crippen molar-refractivity contribution in [1.29, 1.82) is 0 Å². The highest BCUT2D eigenvalue weighted by molar-refractivity contribution is 5.55. The van der Waals surface area contributed by atoms with Gasteiger partial charge >= 0.3 is 0 Å². The molecule has 0 aromatic heterocycles. The van der Waals surface area contributed by atoms with E-state index in [0.29, 0.717) is 22.3 Å². The molecule has 3 N–H and O–H groups in total. The molecule has 0 atom stereocenters. The molecule has 0 radical (unpaired) electrons. The Bertz CT molecular complexity index is 1110. The van der Waals surface area contributed by atoms with Gasteiger partial charge in [-0.2, -0.15) is 0 Å². The molecule has 0 unspecified atom stereocenters. The summed E-state index contributed by atoms with van der Waals surface area (Å²) in [6, 6.07) is 11.6. The minimum atomic E-state index is -0.290. The number of methoxy groups -OCH3 is 4. The number of aromatic hydroxyl groups is 3. The summed E-state index contributed by atoms with van der Waals surface area (Å²) in [5.41, 5.74) is 6.88. The highest BCUT2D eigenvalue weighted by atomic mass is 16.5. The van der Waals surface area contributed by atoms with E-state index in [0.717, 1.165) is 27.8 Å². The van der Waals surface area contributed by atoms with Crippen LogP contribution in [-0.2, 0) is 45.4 Å². The lowest BCUT2D eigenvalue weighted by molar-refractivity contribution is 0.174. The van der Waals surface area contributed by atoms with Crippen molar-refractivity contribution in [1.82, 2.24) is 0 Å². The van der Waals surface area contributed by atoms with Crippen LogP contribution in [0.4, 0.5) is 0 Å². The van der Waals surface area contributed by atoms with Crippen LogP contribution in [0.15, 0.2) is 36.4 Å². The molecule has 0 spiro atoms. The molecule has 0 saturated carbocycles. The van der Waals surface area contributed by atoms with Gasteiger partial charge in [0.05, 0.1) is 26.4 Å². The van der Waals surface area contributed by atoms with Crippen LogP contribution in [0.2, 0.25) is 0 Å². The Hall–Kier alpha value is -3.10. The summed E-state index contributed by atoms with van der Waals surface area (Å²) in [5, 5.41) is 32.1. The lowest BCUT2D eigenvalue weighted by Gasteiger charge is -2.24. The first-order chi connectivity index (χ1) is 17.2. The van der Waals surface area contributed by atoms with Crippen LogP contribution >= 0.6 is 0 Å². The number of aryl methyl sites for hydroxylation is 2. The molecule has 7 nitrogen and oxygen atoms in total. The maximum Gasteiger partial charge on any atom is 0.126 e. The summed E-state index contributed by atoms with van der Waals surface area (Å²) in [6.07, 6.45) is 0. The molecule has 3 aromatic rings. The fraction of sp³-hybridized carbons (Fsp3) is 0.379. The molecule has 3 rings (SSSR count). The molecule has 0 saturated heterocycles. The lowest BCUT2D eigenvalue weighted by Crippen LogP contribution is -2.09. The molecule has 0 fully saturated rings. The molecule has 0 aliphatic heterocycles. The van der Waals surface area contributed by atoms with Crippen LogP contribution in [0, 0.1) is 13.8 Å². The third-order valence-corrected chi connectivity index (χ3v) is 6.29. The van der Waals surface area contributed by atoms with Gasteiger partial charge in [-0.3, -0.25) is 0 Å². The van der Waals surface area contributed by atoms with E-state index in [1.807, 2.05) is 50.2 Å². The molecule has 7 heteroatoms. The zero-order valence-electron chi connectivity index (χ0n) is 21.8. The maximum atomic E-state index is 10.8. The number of phenolic OH excluding ortho intramolecular Hbond substituents is 3. The molecule has 0 heterocycles. The van der Waals surface area contributed by atoms with E-state index in [-0.39, 0.29) is 49.6 Å². The van der Waals surface area contributed by atoms with E-state index in [1.165, 1.54) is 0 Å².